The third-order valence-electron chi connectivity index (χ3n) is 4.02. The zero-order chi connectivity index (χ0) is 20.3. The third kappa shape index (κ3) is 8.75. The summed E-state index contributed by atoms with van der Waals surface area (Å²) < 4.78 is 27.0. The van der Waals surface area contributed by atoms with Crippen molar-refractivity contribution in [2.24, 2.45) is 0 Å². The fraction of sp³-hybridized carbons (Fsp3) is 0.579. The van der Waals surface area contributed by atoms with E-state index in [1.807, 2.05) is 11.6 Å². The van der Waals surface area contributed by atoms with E-state index in [-0.39, 0.29) is 17.1 Å². The van der Waals surface area contributed by atoms with Crippen molar-refractivity contribution in [2.75, 3.05) is 6.54 Å². The van der Waals surface area contributed by atoms with Crippen LogP contribution in [0, 0.1) is 0 Å². The Morgan fingerprint density at radius 3 is 2.41 bits per heavy atom. The quantitative estimate of drug-likeness (QED) is 0.499. The molecule has 1 rings (SSSR count). The van der Waals surface area contributed by atoms with Crippen LogP contribution >= 0.6 is 11.6 Å². The van der Waals surface area contributed by atoms with Crippen molar-refractivity contribution in [3.63, 3.8) is 0 Å². The fourth-order valence-corrected chi connectivity index (χ4v) is 3.97. The molecule has 0 saturated carbocycles. The maximum absolute atomic E-state index is 12.5. The van der Waals surface area contributed by atoms with E-state index < -0.39 is 16.1 Å². The molecular formula is C19H29ClN2O4S. The number of sulfonamides is 1. The molecule has 1 aromatic carbocycles. The molecule has 2 amide bonds. The minimum absolute atomic E-state index is 0.0266. The first-order valence-electron chi connectivity index (χ1n) is 9.41. The maximum atomic E-state index is 12.5. The van der Waals surface area contributed by atoms with E-state index in [4.69, 9.17) is 11.6 Å². The summed E-state index contributed by atoms with van der Waals surface area (Å²) in [6.07, 6.45) is 6.22. The number of carbonyl (C=O) groups is 2. The van der Waals surface area contributed by atoms with Crippen molar-refractivity contribution in [1.82, 2.24) is 10.0 Å². The topological polar surface area (TPSA) is 92.3 Å². The lowest BCUT2D eigenvalue weighted by molar-refractivity contribution is -0.118. The highest BCUT2D eigenvalue weighted by molar-refractivity contribution is 7.90. The number of hydrogen-bond acceptors (Lipinski definition) is 4. The molecule has 0 spiro atoms. The number of nitrogens with one attached hydrogen (secondary N) is 2. The van der Waals surface area contributed by atoms with Crippen LogP contribution in [0.15, 0.2) is 23.1 Å². The summed E-state index contributed by atoms with van der Waals surface area (Å²) in [5.41, 5.74) is 0.303. The van der Waals surface area contributed by atoms with E-state index in [1.54, 1.807) is 0 Å². The SMILES string of the molecule is CCCCCCCC(=O)Cc1cc(Cl)ccc1S(=O)(=O)NC(=O)NCCC. The molecule has 1 aromatic rings. The first kappa shape index (κ1) is 23.4. The number of Topliss-reactive ketones (excluding diaryl/α,β-unsaturated/α-hetero) is 1. The van der Waals surface area contributed by atoms with Crippen LogP contribution in [0.4, 0.5) is 4.79 Å². The first-order chi connectivity index (χ1) is 12.8. The Morgan fingerprint density at radius 2 is 1.74 bits per heavy atom. The molecule has 0 aromatic heterocycles. The van der Waals surface area contributed by atoms with Crippen LogP contribution in [0.5, 0.6) is 0 Å². The summed E-state index contributed by atoms with van der Waals surface area (Å²) in [5.74, 6) is -0.0411. The third-order valence-corrected chi connectivity index (χ3v) is 5.69. The Morgan fingerprint density at radius 1 is 1.04 bits per heavy atom. The van der Waals surface area contributed by atoms with E-state index in [9.17, 15) is 18.0 Å². The predicted molar refractivity (Wildman–Crippen MR) is 108 cm³/mol. The number of halogens is 1. The van der Waals surface area contributed by atoms with Crippen LogP contribution in [-0.2, 0) is 21.2 Å². The minimum Gasteiger partial charge on any atom is -0.337 e. The molecule has 0 aliphatic rings. The first-order valence-corrected chi connectivity index (χ1v) is 11.3. The summed E-state index contributed by atoms with van der Waals surface area (Å²) in [5, 5.41) is 2.79. The van der Waals surface area contributed by atoms with Gasteiger partial charge in [0, 0.05) is 24.4 Å². The van der Waals surface area contributed by atoms with Gasteiger partial charge in [0.15, 0.2) is 0 Å². The molecule has 0 radical (unpaired) electrons. The van der Waals surface area contributed by atoms with Gasteiger partial charge >= 0.3 is 6.03 Å². The Labute approximate surface area is 167 Å². The number of carbonyl (C=O) groups excluding carboxylic acids is 2. The minimum atomic E-state index is -4.09. The molecule has 2 N–H and O–H groups in total. The van der Waals surface area contributed by atoms with Crippen molar-refractivity contribution in [1.29, 1.82) is 0 Å². The molecule has 0 unspecified atom stereocenters. The van der Waals surface area contributed by atoms with Crippen LogP contribution < -0.4 is 10.0 Å². The zero-order valence-electron chi connectivity index (χ0n) is 16.0. The summed E-state index contributed by atoms with van der Waals surface area (Å²) in [6, 6.07) is 3.43. The average Bonchev–Trinajstić information content (AvgIpc) is 2.59. The van der Waals surface area contributed by atoms with Gasteiger partial charge in [0.1, 0.15) is 5.78 Å². The summed E-state index contributed by atoms with van der Waals surface area (Å²) in [4.78, 5) is 23.9. The number of ketones is 1. The van der Waals surface area contributed by atoms with Gasteiger partial charge < -0.3 is 5.32 Å². The number of hydrogen-bond donors (Lipinski definition) is 2. The number of unbranched alkanes of at least 4 members (excludes halogenated alkanes) is 4. The Hall–Kier alpha value is -1.60. The van der Waals surface area contributed by atoms with Gasteiger partial charge in [0.25, 0.3) is 10.0 Å². The standard InChI is InChI=1S/C19H29ClN2O4S/c1-3-5-6-7-8-9-17(23)14-15-13-16(20)10-11-18(15)27(25,26)22-19(24)21-12-4-2/h10-11,13H,3-9,12,14H2,1-2H3,(H2,21,22,24). The maximum Gasteiger partial charge on any atom is 0.328 e. The lowest BCUT2D eigenvalue weighted by Gasteiger charge is -2.12. The molecule has 6 nitrogen and oxygen atoms in total. The van der Waals surface area contributed by atoms with E-state index in [0.717, 1.165) is 32.1 Å². The normalized spacial score (nSPS) is 11.2. The smallest absolute Gasteiger partial charge is 0.328 e. The van der Waals surface area contributed by atoms with Crippen LogP contribution in [-0.4, -0.2) is 26.8 Å². The monoisotopic (exact) mass is 416 g/mol. The molecule has 0 aliphatic heterocycles. The van der Waals surface area contributed by atoms with Gasteiger partial charge in [-0.3, -0.25) is 4.79 Å². The molecule has 0 fully saturated rings. The number of benzene rings is 1. The van der Waals surface area contributed by atoms with Gasteiger partial charge in [0.05, 0.1) is 4.90 Å². The second-order valence-corrected chi connectivity index (χ2v) is 8.58. The van der Waals surface area contributed by atoms with Crippen LogP contribution in [0.25, 0.3) is 0 Å². The highest BCUT2D eigenvalue weighted by Crippen LogP contribution is 2.22. The molecule has 8 heteroatoms. The second-order valence-electron chi connectivity index (χ2n) is 6.49. The van der Waals surface area contributed by atoms with Gasteiger partial charge in [-0.1, -0.05) is 51.1 Å². The summed E-state index contributed by atoms with van der Waals surface area (Å²) >= 11 is 5.98. The van der Waals surface area contributed by atoms with Gasteiger partial charge in [-0.05, 0) is 36.6 Å². The summed E-state index contributed by atoms with van der Waals surface area (Å²) in [7, 11) is -4.09. The van der Waals surface area contributed by atoms with Crippen LogP contribution in [0.3, 0.4) is 0 Å². The molecule has 27 heavy (non-hydrogen) atoms. The van der Waals surface area contributed by atoms with E-state index in [1.165, 1.54) is 18.2 Å². The Bertz CT molecular complexity index is 735. The van der Waals surface area contributed by atoms with E-state index in [0.29, 0.717) is 30.0 Å². The zero-order valence-corrected chi connectivity index (χ0v) is 17.6. The van der Waals surface area contributed by atoms with Crippen molar-refractivity contribution in [3.8, 4) is 0 Å². The highest BCUT2D eigenvalue weighted by atomic mass is 35.5. The number of urea groups is 1. The molecule has 0 aliphatic carbocycles. The van der Waals surface area contributed by atoms with Gasteiger partial charge in [-0.15, -0.1) is 0 Å². The van der Waals surface area contributed by atoms with E-state index >= 15 is 0 Å². The second kappa shape index (κ2) is 12.0. The van der Waals surface area contributed by atoms with Crippen molar-refractivity contribution in [3.05, 3.63) is 28.8 Å². The van der Waals surface area contributed by atoms with Gasteiger partial charge in [0.2, 0.25) is 0 Å². The van der Waals surface area contributed by atoms with Gasteiger partial charge in [-0.25, -0.2) is 17.9 Å². The molecule has 152 valence electrons. The fourth-order valence-electron chi connectivity index (χ4n) is 2.63. The van der Waals surface area contributed by atoms with E-state index in [2.05, 4.69) is 12.2 Å². The lowest BCUT2D eigenvalue weighted by Crippen LogP contribution is -2.40. The largest absolute Gasteiger partial charge is 0.337 e. The average molecular weight is 417 g/mol. The van der Waals surface area contributed by atoms with Crippen molar-refractivity contribution in [2.45, 2.75) is 70.1 Å². The number of rotatable bonds is 12. The number of amides is 2. The Balaban J connectivity index is 2.82. The van der Waals surface area contributed by atoms with Crippen molar-refractivity contribution >= 4 is 33.4 Å². The summed E-state index contributed by atoms with van der Waals surface area (Å²) in [6.45, 7) is 4.36. The van der Waals surface area contributed by atoms with Crippen LogP contribution in [0.1, 0.15) is 64.4 Å². The Kier molecular flexibility index (Phi) is 10.4. The molecule has 0 atom stereocenters. The van der Waals surface area contributed by atoms with Crippen molar-refractivity contribution < 1.29 is 18.0 Å². The molecule has 0 saturated heterocycles. The highest BCUT2D eigenvalue weighted by Gasteiger charge is 2.22. The molecular weight excluding hydrogens is 388 g/mol. The van der Waals surface area contributed by atoms with Gasteiger partial charge in [-0.2, -0.15) is 0 Å². The predicted octanol–water partition coefficient (Wildman–Crippen LogP) is 4.21. The molecule has 0 heterocycles. The lowest BCUT2D eigenvalue weighted by atomic mass is 10.0. The molecule has 0 bridgehead atoms. The van der Waals surface area contributed by atoms with Crippen LogP contribution in [0.2, 0.25) is 5.02 Å².